The van der Waals surface area contributed by atoms with Gasteiger partial charge in [-0.2, -0.15) is 0 Å². The van der Waals surface area contributed by atoms with Gasteiger partial charge in [0.15, 0.2) is 0 Å². The highest BCUT2D eigenvalue weighted by Gasteiger charge is 2.07. The fraction of sp³-hybridized carbons (Fsp3) is 0.462. The molecule has 2 nitrogen and oxygen atoms in total. The molecule has 0 aliphatic carbocycles. The predicted molar refractivity (Wildman–Crippen MR) is 68.5 cm³/mol. The Kier molecular flexibility index (Phi) is 6.37. The summed E-state index contributed by atoms with van der Waals surface area (Å²) >= 11 is 3.25. The molecule has 0 fully saturated rings. The van der Waals surface area contributed by atoms with Gasteiger partial charge in [0.1, 0.15) is 11.6 Å². The minimum Gasteiger partial charge on any atom is -0.382 e. The van der Waals surface area contributed by atoms with E-state index in [0.29, 0.717) is 30.5 Å². The van der Waals surface area contributed by atoms with Gasteiger partial charge in [0.05, 0.1) is 0 Å². The summed E-state index contributed by atoms with van der Waals surface area (Å²) in [4.78, 5) is 11.6. The first-order valence-electron chi connectivity index (χ1n) is 5.67. The van der Waals surface area contributed by atoms with Gasteiger partial charge in [0, 0.05) is 30.5 Å². The number of ether oxygens (including phenoxy) is 1. The van der Waals surface area contributed by atoms with Gasteiger partial charge in [0.2, 0.25) is 0 Å². The first kappa shape index (κ1) is 14.3. The normalized spacial score (nSPS) is 10.5. The zero-order valence-electron chi connectivity index (χ0n) is 9.84. The summed E-state index contributed by atoms with van der Waals surface area (Å²) in [5.74, 6) is -0.151. The molecular weight excluding hydrogens is 287 g/mol. The van der Waals surface area contributed by atoms with Crippen LogP contribution in [0, 0.1) is 5.82 Å². The van der Waals surface area contributed by atoms with E-state index >= 15 is 0 Å². The lowest BCUT2D eigenvalue weighted by Crippen LogP contribution is -2.05. The van der Waals surface area contributed by atoms with Gasteiger partial charge in [-0.05, 0) is 31.0 Å². The van der Waals surface area contributed by atoms with Gasteiger partial charge in [-0.3, -0.25) is 4.79 Å². The molecule has 4 heteroatoms. The Labute approximate surface area is 109 Å². The van der Waals surface area contributed by atoms with Crippen molar-refractivity contribution in [1.29, 1.82) is 0 Å². The summed E-state index contributed by atoms with van der Waals surface area (Å²) < 4.78 is 18.7. The van der Waals surface area contributed by atoms with E-state index in [1.807, 2.05) is 6.92 Å². The molecule has 0 heterocycles. The van der Waals surface area contributed by atoms with Crippen LogP contribution in [0.2, 0.25) is 0 Å². The smallest absolute Gasteiger partial charge is 0.137 e. The van der Waals surface area contributed by atoms with E-state index in [-0.39, 0.29) is 11.6 Å². The Morgan fingerprint density at radius 1 is 1.47 bits per heavy atom. The van der Waals surface area contributed by atoms with Gasteiger partial charge < -0.3 is 4.74 Å². The maximum Gasteiger partial charge on any atom is 0.137 e. The number of hydrogen-bond donors (Lipinski definition) is 0. The van der Waals surface area contributed by atoms with Crippen LogP contribution in [-0.2, 0) is 16.0 Å². The third kappa shape index (κ3) is 5.41. The molecule has 0 aromatic heterocycles. The number of halogens is 2. The van der Waals surface area contributed by atoms with Crippen LogP contribution in [0.1, 0.15) is 25.3 Å². The Hall–Kier alpha value is -0.740. The SMILES string of the molecule is CCOCCCC(=O)Cc1ccc(F)cc1Br. The Morgan fingerprint density at radius 2 is 2.24 bits per heavy atom. The minimum absolute atomic E-state index is 0.150. The highest BCUT2D eigenvalue weighted by Crippen LogP contribution is 2.19. The number of carbonyl (C=O) groups is 1. The Morgan fingerprint density at radius 3 is 2.88 bits per heavy atom. The van der Waals surface area contributed by atoms with Crippen molar-refractivity contribution in [2.45, 2.75) is 26.2 Å². The summed E-state index contributed by atoms with van der Waals surface area (Å²) in [6.45, 7) is 3.22. The summed E-state index contributed by atoms with van der Waals surface area (Å²) in [5, 5.41) is 0. The molecule has 0 N–H and O–H groups in total. The van der Waals surface area contributed by atoms with E-state index in [1.54, 1.807) is 6.07 Å². The van der Waals surface area contributed by atoms with Crippen LogP contribution in [0.5, 0.6) is 0 Å². The van der Waals surface area contributed by atoms with Crippen LogP contribution in [0.4, 0.5) is 4.39 Å². The molecular formula is C13H16BrFO2. The number of Topliss-reactive ketones (excluding diaryl/α,β-unsaturated/α-hetero) is 1. The molecule has 1 rings (SSSR count). The molecule has 0 saturated carbocycles. The Balaban J connectivity index is 2.40. The third-order valence-corrected chi connectivity index (χ3v) is 3.09. The largest absolute Gasteiger partial charge is 0.382 e. The van der Waals surface area contributed by atoms with Crippen molar-refractivity contribution in [1.82, 2.24) is 0 Å². The highest BCUT2D eigenvalue weighted by atomic mass is 79.9. The van der Waals surface area contributed by atoms with Gasteiger partial charge in [-0.15, -0.1) is 0 Å². The van der Waals surface area contributed by atoms with Gasteiger partial charge in [-0.25, -0.2) is 4.39 Å². The zero-order chi connectivity index (χ0) is 12.7. The van der Waals surface area contributed by atoms with E-state index in [9.17, 15) is 9.18 Å². The van der Waals surface area contributed by atoms with Crippen molar-refractivity contribution in [3.8, 4) is 0 Å². The molecule has 0 unspecified atom stereocenters. The molecule has 0 amide bonds. The van der Waals surface area contributed by atoms with Crippen LogP contribution in [0.3, 0.4) is 0 Å². The Bertz CT molecular complexity index is 380. The number of hydrogen-bond acceptors (Lipinski definition) is 2. The fourth-order valence-electron chi connectivity index (χ4n) is 1.48. The van der Waals surface area contributed by atoms with E-state index in [4.69, 9.17) is 4.74 Å². The van der Waals surface area contributed by atoms with Crippen molar-refractivity contribution in [3.63, 3.8) is 0 Å². The highest BCUT2D eigenvalue weighted by molar-refractivity contribution is 9.10. The first-order valence-corrected chi connectivity index (χ1v) is 6.46. The number of carbonyl (C=O) groups excluding carboxylic acids is 1. The summed E-state index contributed by atoms with van der Waals surface area (Å²) in [6.07, 6.45) is 1.59. The monoisotopic (exact) mass is 302 g/mol. The van der Waals surface area contributed by atoms with E-state index in [0.717, 1.165) is 12.0 Å². The average Bonchev–Trinajstić information content (AvgIpc) is 2.28. The lowest BCUT2D eigenvalue weighted by Gasteiger charge is -2.04. The van der Waals surface area contributed by atoms with E-state index < -0.39 is 0 Å². The van der Waals surface area contributed by atoms with Gasteiger partial charge in [0.25, 0.3) is 0 Å². The van der Waals surface area contributed by atoms with Crippen LogP contribution >= 0.6 is 15.9 Å². The van der Waals surface area contributed by atoms with Crippen LogP contribution in [0.15, 0.2) is 22.7 Å². The zero-order valence-corrected chi connectivity index (χ0v) is 11.4. The predicted octanol–water partition coefficient (Wildman–Crippen LogP) is 3.52. The second-order valence-corrected chi connectivity index (χ2v) is 4.61. The molecule has 0 aliphatic rings. The lowest BCUT2D eigenvalue weighted by molar-refractivity contribution is -0.118. The first-order chi connectivity index (χ1) is 8.13. The van der Waals surface area contributed by atoms with Crippen molar-refractivity contribution < 1.29 is 13.9 Å². The quantitative estimate of drug-likeness (QED) is 0.720. The molecule has 0 aliphatic heterocycles. The van der Waals surface area contributed by atoms with Crippen molar-refractivity contribution in [2.75, 3.05) is 13.2 Å². The summed E-state index contributed by atoms with van der Waals surface area (Å²) in [5.41, 5.74) is 0.827. The summed E-state index contributed by atoms with van der Waals surface area (Å²) in [6, 6.07) is 4.39. The van der Waals surface area contributed by atoms with Crippen molar-refractivity contribution in [3.05, 3.63) is 34.1 Å². The van der Waals surface area contributed by atoms with E-state index in [2.05, 4.69) is 15.9 Å². The second-order valence-electron chi connectivity index (χ2n) is 3.75. The van der Waals surface area contributed by atoms with Crippen molar-refractivity contribution in [2.24, 2.45) is 0 Å². The third-order valence-electron chi connectivity index (χ3n) is 2.35. The van der Waals surface area contributed by atoms with E-state index in [1.165, 1.54) is 12.1 Å². The van der Waals surface area contributed by atoms with Crippen LogP contribution < -0.4 is 0 Å². The van der Waals surface area contributed by atoms with Crippen LogP contribution in [-0.4, -0.2) is 19.0 Å². The number of benzene rings is 1. The van der Waals surface area contributed by atoms with Crippen LogP contribution in [0.25, 0.3) is 0 Å². The number of ketones is 1. The molecule has 1 aromatic rings. The molecule has 0 radical (unpaired) electrons. The van der Waals surface area contributed by atoms with Gasteiger partial charge in [-0.1, -0.05) is 22.0 Å². The molecule has 0 spiro atoms. The average molecular weight is 303 g/mol. The maximum absolute atomic E-state index is 12.8. The van der Waals surface area contributed by atoms with Crippen molar-refractivity contribution >= 4 is 21.7 Å². The molecule has 94 valence electrons. The molecule has 17 heavy (non-hydrogen) atoms. The fourth-order valence-corrected chi connectivity index (χ4v) is 1.97. The molecule has 0 bridgehead atoms. The topological polar surface area (TPSA) is 26.3 Å². The molecule has 1 aromatic carbocycles. The standard InChI is InChI=1S/C13H16BrFO2/c1-2-17-7-3-4-12(16)8-10-5-6-11(15)9-13(10)14/h5-6,9H,2-4,7-8H2,1H3. The van der Waals surface area contributed by atoms with Gasteiger partial charge >= 0.3 is 0 Å². The molecule has 0 saturated heterocycles. The summed E-state index contributed by atoms with van der Waals surface area (Å²) in [7, 11) is 0. The molecule has 0 atom stereocenters. The second kappa shape index (κ2) is 7.56. The minimum atomic E-state index is -0.301. The number of rotatable bonds is 7. The lowest BCUT2D eigenvalue weighted by atomic mass is 10.1. The maximum atomic E-state index is 12.8.